The van der Waals surface area contributed by atoms with Crippen LogP contribution in [0.5, 0.6) is 0 Å². The maximum atomic E-state index is 12.6. The Bertz CT molecular complexity index is 8060. The van der Waals surface area contributed by atoms with Crippen LogP contribution in [0, 0.1) is 13.8 Å². The summed E-state index contributed by atoms with van der Waals surface area (Å²) in [5.74, 6) is 4.36. The van der Waals surface area contributed by atoms with Gasteiger partial charge in [0.2, 0.25) is 24.8 Å². The zero-order chi connectivity index (χ0) is 97.9. The minimum absolute atomic E-state index is 0.114. The Morgan fingerprint density at radius 2 is 0.681 bits per heavy atom. The summed E-state index contributed by atoms with van der Waals surface area (Å²) in [7, 11) is 0. The number of thiophene rings is 1. The van der Waals surface area contributed by atoms with Gasteiger partial charge in [0.25, 0.3) is 33.7 Å². The number of benzene rings is 5. The van der Waals surface area contributed by atoms with E-state index in [4.69, 9.17) is 28.9 Å². The number of carbonyl (C=O) groups excluding carboxylic acids is 1. The van der Waals surface area contributed by atoms with Crippen LogP contribution in [0.3, 0.4) is 0 Å². The summed E-state index contributed by atoms with van der Waals surface area (Å²) in [5.41, 5.74) is 14.6. The van der Waals surface area contributed by atoms with Gasteiger partial charge in [-0.1, -0.05) is 141 Å². The van der Waals surface area contributed by atoms with Gasteiger partial charge in [-0.2, -0.15) is 59.4 Å². The molecular weight excluding hydrogens is 1930 g/mol. The number of hydrogen-bond donors (Lipinski definition) is 2. The molecule has 0 unspecified atom stereocenters. The molecule has 15 aromatic heterocycles. The smallest absolute Gasteiger partial charge is 0.277 e. The summed E-state index contributed by atoms with van der Waals surface area (Å²) in [6.07, 6.45) is 27.7. The van der Waals surface area contributed by atoms with Crippen molar-refractivity contribution in [2.45, 2.75) is 117 Å². The van der Waals surface area contributed by atoms with Crippen molar-refractivity contribution in [2.24, 2.45) is 0 Å². The molecule has 1 amide bonds. The normalized spacial score (nSPS) is 14.4. The molecular formula is C105H99N25O8S6. The summed E-state index contributed by atoms with van der Waals surface area (Å²) in [6, 6.07) is 59.2. The van der Waals surface area contributed by atoms with Crippen molar-refractivity contribution in [2.75, 3.05) is 101 Å². The van der Waals surface area contributed by atoms with Crippen molar-refractivity contribution in [3.63, 3.8) is 0 Å². The number of aromatic nitrogens is 18. The third kappa shape index (κ3) is 21.9. The molecule has 0 atom stereocenters. The third-order valence-electron chi connectivity index (χ3n) is 25.6. The standard InChI is InChI=1S/C22H20N6O2S.C22H22N6OS.C21H21N5O2S.C20H18N4O2S.C20H18N4OS2/c29-19-14-18(27-11-2-1-3-12-27)25-22-28(19)26-21(31-22)16-5-4-6-17(13-16)24-20(30)15-7-9-23-10-8-15;29-20-14-19(27-11-2-1-3-12-27)25-22-28(20)26-21(30-22)17-5-4-6-18(13-17)24-15-16-7-9-23-10-8-16;1-13-19(14(2)28-24-13)15-7-6-8-16(11-15)20-23-26-18(27)12-17(22-21(26)29-20)25-9-4-3-5-10-25;2*25-18-12-17(23-8-2-1-3-9-23)21-20-24(18)22-19(27-20)15-6-4-5-14(11-15)16-7-10-26-13-16/h4-10,13-14H,1-3,11-12H2,(H,24,30);4-10,13-14,24H,1-3,11-12,15H2;6-8,11-12H,3-5,9-10H2,1-2H3;2*4-7,10-13H,1-3,8-9H2. The van der Waals surface area contributed by atoms with Gasteiger partial charge in [0.05, 0.1) is 18.2 Å². The van der Waals surface area contributed by atoms with Crippen LogP contribution in [0.1, 0.15) is 124 Å². The summed E-state index contributed by atoms with van der Waals surface area (Å²) >= 11 is 8.82. The fourth-order valence-electron chi connectivity index (χ4n) is 18.1. The highest BCUT2D eigenvalue weighted by Crippen LogP contribution is 2.38. The number of pyridine rings is 2. The van der Waals surface area contributed by atoms with E-state index in [2.05, 4.69) is 128 Å². The molecule has 5 fully saturated rings. The Labute approximate surface area is 848 Å². The van der Waals surface area contributed by atoms with E-state index < -0.39 is 0 Å². The Kier molecular flexibility index (Phi) is 28.8. The van der Waals surface area contributed by atoms with E-state index in [1.54, 1.807) is 91.1 Å². The van der Waals surface area contributed by atoms with Crippen molar-refractivity contribution in [1.29, 1.82) is 0 Å². The molecule has 0 bridgehead atoms. The molecule has 0 spiro atoms. The van der Waals surface area contributed by atoms with Crippen LogP contribution < -0.4 is 62.9 Å². The van der Waals surface area contributed by atoms with Crippen LogP contribution in [0.4, 0.5) is 40.5 Å². The minimum atomic E-state index is -0.215. The zero-order valence-electron chi connectivity index (χ0n) is 78.9. The van der Waals surface area contributed by atoms with Crippen LogP contribution in [0.15, 0.2) is 269 Å². The topological polar surface area (TPSA) is 359 Å². The van der Waals surface area contributed by atoms with Gasteiger partial charge in [-0.3, -0.25) is 38.7 Å². The highest BCUT2D eigenvalue weighted by molar-refractivity contribution is 7.21. The molecule has 39 heteroatoms. The van der Waals surface area contributed by atoms with E-state index in [9.17, 15) is 28.8 Å². The molecule has 5 aliphatic heterocycles. The molecule has 728 valence electrons. The number of fused-ring (bicyclic) bond motifs is 5. The van der Waals surface area contributed by atoms with E-state index in [0.717, 1.165) is 257 Å². The van der Waals surface area contributed by atoms with Crippen LogP contribution in [-0.2, 0) is 6.54 Å². The molecule has 25 rings (SSSR count). The lowest BCUT2D eigenvalue weighted by Gasteiger charge is -2.27. The first-order valence-electron chi connectivity index (χ1n) is 48.2. The van der Waals surface area contributed by atoms with Crippen molar-refractivity contribution < 1.29 is 13.7 Å². The fourth-order valence-corrected chi connectivity index (χ4v) is 23.3. The number of anilines is 7. The quantitative estimate of drug-likeness (QED) is 0.0805. The number of nitrogens with one attached hydrogen (secondary N) is 2. The van der Waals surface area contributed by atoms with Crippen molar-refractivity contribution in [3.8, 4) is 86.2 Å². The van der Waals surface area contributed by atoms with E-state index in [-0.39, 0.29) is 33.7 Å². The summed E-state index contributed by atoms with van der Waals surface area (Å²) in [6.45, 7) is 14.1. The van der Waals surface area contributed by atoms with Gasteiger partial charge in [0.1, 0.15) is 59.9 Å². The largest absolute Gasteiger partial charge is 0.472 e. The van der Waals surface area contributed by atoms with Gasteiger partial charge in [0.15, 0.2) is 0 Å². The lowest BCUT2D eigenvalue weighted by molar-refractivity contribution is 0.102. The van der Waals surface area contributed by atoms with Gasteiger partial charge in [-0.25, -0.2) is 24.9 Å². The number of furan rings is 1. The first kappa shape index (κ1) is 94.9. The molecule has 2 N–H and O–H groups in total. The second-order valence-electron chi connectivity index (χ2n) is 35.5. The number of hydrogen-bond acceptors (Lipinski definition) is 33. The highest BCUT2D eigenvalue weighted by Gasteiger charge is 2.26. The van der Waals surface area contributed by atoms with Crippen molar-refractivity contribution in [1.82, 2.24) is 88.1 Å². The predicted molar refractivity (Wildman–Crippen MR) is 573 cm³/mol. The van der Waals surface area contributed by atoms with Gasteiger partial charge in [-0.15, -0.1) is 0 Å². The predicted octanol–water partition coefficient (Wildman–Crippen LogP) is 20.0. The molecule has 5 aliphatic rings. The minimum Gasteiger partial charge on any atom is -0.472 e. The Balaban J connectivity index is 0.000000106. The third-order valence-corrected chi connectivity index (χ3v) is 31.1. The zero-order valence-corrected chi connectivity index (χ0v) is 83.8. The molecule has 0 aliphatic carbocycles. The SMILES string of the molecule is Cc1noc(C)c1-c1cccc(-c2nn3c(=O)cc(N4CCCCC4)nc3s2)c1.O=C(Nc1cccc(-c2nn3c(=O)cc(N4CCCCC4)nc3s2)c1)c1ccncc1.O=c1cc(N2CCCCC2)nc2sc(-c3cccc(-c4ccoc4)c3)nn12.O=c1cc(N2CCCCC2)nc2sc(-c3cccc(-c4ccsc4)c3)nn12.O=c1cc(N2CCCCC2)nc2sc(-c3cccc(NCc4ccncc4)c3)nn12. The number of nitrogens with zero attached hydrogens (tertiary/aromatic N) is 23. The lowest BCUT2D eigenvalue weighted by Crippen LogP contribution is -2.31. The summed E-state index contributed by atoms with van der Waals surface area (Å²) in [4.78, 5) is 121. The number of aryl methyl sites for hydroxylation is 2. The van der Waals surface area contributed by atoms with Crippen molar-refractivity contribution >= 4 is 139 Å². The number of piperidine rings is 5. The summed E-state index contributed by atoms with van der Waals surface area (Å²) < 4.78 is 17.5. The molecule has 5 aromatic carbocycles. The van der Waals surface area contributed by atoms with Crippen LogP contribution in [0.25, 0.3) is 111 Å². The highest BCUT2D eigenvalue weighted by atomic mass is 32.1. The summed E-state index contributed by atoms with van der Waals surface area (Å²) in [5, 5.41) is 41.0. The first-order chi connectivity index (χ1) is 70.6. The number of rotatable bonds is 18. The second kappa shape index (κ2) is 43.7. The Hall–Kier alpha value is -15.3. The van der Waals surface area contributed by atoms with E-state index in [1.165, 1.54) is 117 Å². The molecule has 0 saturated carbocycles. The number of amides is 1. The molecule has 20 aromatic rings. The van der Waals surface area contributed by atoms with Gasteiger partial charge in [-0.05, 0) is 228 Å². The van der Waals surface area contributed by atoms with Crippen LogP contribution in [-0.4, -0.2) is 159 Å². The maximum absolute atomic E-state index is 12.6. The molecule has 0 radical (unpaired) electrons. The van der Waals surface area contributed by atoms with E-state index in [1.807, 2.05) is 123 Å². The molecule has 20 heterocycles. The number of carbonyl (C=O) groups is 1. The van der Waals surface area contributed by atoms with Crippen LogP contribution in [0.2, 0.25) is 0 Å². The van der Waals surface area contributed by atoms with Gasteiger partial charge < -0.3 is 44.1 Å². The second-order valence-corrected chi connectivity index (χ2v) is 41.1. The van der Waals surface area contributed by atoms with Gasteiger partial charge >= 0.3 is 0 Å². The molecule has 144 heavy (non-hydrogen) atoms. The molecule has 33 nitrogen and oxygen atoms in total. The Morgan fingerprint density at radius 3 is 1.03 bits per heavy atom. The first-order valence-corrected chi connectivity index (χ1v) is 53.3. The van der Waals surface area contributed by atoms with E-state index in [0.29, 0.717) is 47.6 Å². The van der Waals surface area contributed by atoms with Crippen LogP contribution >= 0.6 is 68.0 Å². The lowest BCUT2D eigenvalue weighted by atomic mass is 10.0. The van der Waals surface area contributed by atoms with E-state index >= 15 is 0 Å². The monoisotopic (exact) mass is 2030 g/mol. The van der Waals surface area contributed by atoms with Gasteiger partial charge in [0, 0.05) is 183 Å². The average Bonchev–Trinajstić information content (AvgIpc) is 1.67. The fraction of sp³-hybridized carbons (Fsp3) is 0.267. The van der Waals surface area contributed by atoms with Crippen molar-refractivity contribution in [3.05, 3.63) is 310 Å². The Morgan fingerprint density at radius 1 is 0.347 bits per heavy atom. The average molecular weight is 2030 g/mol. The maximum Gasteiger partial charge on any atom is 0.277 e. The molecule has 5 saturated heterocycles.